The topological polar surface area (TPSA) is 52.3 Å². The highest BCUT2D eigenvalue weighted by Crippen LogP contribution is 2.38. The van der Waals surface area contributed by atoms with Crippen molar-refractivity contribution in [1.82, 2.24) is 0 Å². The zero-order valence-electron chi connectivity index (χ0n) is 13.0. The molecule has 1 aliphatic carbocycles. The molecule has 0 unspecified atom stereocenters. The van der Waals surface area contributed by atoms with E-state index >= 15 is 0 Å². The summed E-state index contributed by atoms with van der Waals surface area (Å²) >= 11 is 5.86. The van der Waals surface area contributed by atoms with Crippen LogP contribution in [0.2, 0.25) is 5.02 Å². The van der Waals surface area contributed by atoms with Crippen molar-refractivity contribution in [3.63, 3.8) is 0 Å². The summed E-state index contributed by atoms with van der Waals surface area (Å²) < 4.78 is 5.60. The van der Waals surface area contributed by atoms with Crippen LogP contribution in [-0.2, 0) is 4.74 Å². The lowest BCUT2D eigenvalue weighted by Crippen LogP contribution is -2.30. The first kappa shape index (κ1) is 16.2. The number of esters is 1. The molecule has 116 valence electrons. The van der Waals surface area contributed by atoms with E-state index in [1.165, 1.54) is 0 Å². The summed E-state index contributed by atoms with van der Waals surface area (Å²) in [5.74, 6) is 0.399. The Labute approximate surface area is 131 Å². The number of ether oxygens (including phenoxy) is 1. The van der Waals surface area contributed by atoms with Crippen LogP contribution in [0.25, 0.3) is 0 Å². The van der Waals surface area contributed by atoms with Crippen LogP contribution >= 0.6 is 11.6 Å². The second-order valence-electron chi connectivity index (χ2n) is 6.98. The van der Waals surface area contributed by atoms with E-state index < -0.39 is 0 Å². The van der Waals surface area contributed by atoms with E-state index in [2.05, 4.69) is 20.8 Å². The van der Waals surface area contributed by atoms with Crippen LogP contribution in [0.3, 0.4) is 0 Å². The SMILES string of the molecule is CC(C)(C)C1CCC(OC(=O)c2ccc(Cl)c(N)c2)CC1. The van der Waals surface area contributed by atoms with Gasteiger partial charge in [0.15, 0.2) is 0 Å². The maximum absolute atomic E-state index is 12.1. The van der Waals surface area contributed by atoms with Gasteiger partial charge in [0.25, 0.3) is 0 Å². The van der Waals surface area contributed by atoms with Crippen molar-refractivity contribution in [2.24, 2.45) is 11.3 Å². The van der Waals surface area contributed by atoms with E-state index in [-0.39, 0.29) is 12.1 Å². The molecular weight excluding hydrogens is 286 g/mol. The Hall–Kier alpha value is -1.22. The number of nitrogen functional groups attached to an aromatic ring is 1. The monoisotopic (exact) mass is 309 g/mol. The third-order valence-electron chi connectivity index (χ3n) is 4.40. The number of anilines is 1. The molecule has 1 aromatic carbocycles. The molecule has 0 bridgehead atoms. The first-order valence-electron chi connectivity index (χ1n) is 7.53. The fourth-order valence-electron chi connectivity index (χ4n) is 2.94. The normalized spacial score (nSPS) is 22.9. The van der Waals surface area contributed by atoms with E-state index in [1.54, 1.807) is 18.2 Å². The van der Waals surface area contributed by atoms with Gasteiger partial charge in [-0.25, -0.2) is 4.79 Å². The summed E-state index contributed by atoms with van der Waals surface area (Å²) in [6.45, 7) is 6.83. The number of benzene rings is 1. The van der Waals surface area contributed by atoms with Crippen molar-refractivity contribution in [2.75, 3.05) is 5.73 Å². The van der Waals surface area contributed by atoms with E-state index in [9.17, 15) is 4.79 Å². The van der Waals surface area contributed by atoms with Gasteiger partial charge in [0.2, 0.25) is 0 Å². The maximum Gasteiger partial charge on any atom is 0.338 e. The molecule has 3 nitrogen and oxygen atoms in total. The van der Waals surface area contributed by atoms with Crippen molar-refractivity contribution >= 4 is 23.3 Å². The molecule has 1 saturated carbocycles. The van der Waals surface area contributed by atoms with Crippen LogP contribution in [-0.4, -0.2) is 12.1 Å². The molecule has 0 atom stereocenters. The van der Waals surface area contributed by atoms with Crippen LogP contribution in [0, 0.1) is 11.3 Å². The Bertz CT molecular complexity index is 514. The minimum absolute atomic E-state index is 0.0213. The summed E-state index contributed by atoms with van der Waals surface area (Å²) in [7, 11) is 0. The fourth-order valence-corrected chi connectivity index (χ4v) is 3.05. The number of carbonyl (C=O) groups is 1. The maximum atomic E-state index is 12.1. The highest BCUT2D eigenvalue weighted by molar-refractivity contribution is 6.33. The lowest BCUT2D eigenvalue weighted by molar-refractivity contribution is 0.00930. The number of rotatable bonds is 2. The standard InChI is InChI=1S/C17H24ClNO2/c1-17(2,3)12-5-7-13(8-6-12)21-16(20)11-4-9-14(18)15(19)10-11/h4,9-10,12-13H,5-8,19H2,1-3H3. The molecule has 21 heavy (non-hydrogen) atoms. The lowest BCUT2D eigenvalue weighted by Gasteiger charge is -2.36. The highest BCUT2D eigenvalue weighted by atomic mass is 35.5. The fraction of sp³-hybridized carbons (Fsp3) is 0.588. The zero-order valence-corrected chi connectivity index (χ0v) is 13.7. The number of carbonyl (C=O) groups excluding carboxylic acids is 1. The summed E-state index contributed by atoms with van der Waals surface area (Å²) in [5, 5.41) is 0.456. The molecule has 1 aromatic rings. The number of nitrogens with two attached hydrogens (primary N) is 1. The molecular formula is C17H24ClNO2. The minimum atomic E-state index is -0.308. The predicted octanol–water partition coefficient (Wildman–Crippen LogP) is 4.68. The van der Waals surface area contributed by atoms with Crippen molar-refractivity contribution < 1.29 is 9.53 Å². The first-order valence-corrected chi connectivity index (χ1v) is 7.91. The average Bonchev–Trinajstić information content (AvgIpc) is 2.41. The Morgan fingerprint density at radius 1 is 1.24 bits per heavy atom. The predicted molar refractivity (Wildman–Crippen MR) is 86.5 cm³/mol. The first-order chi connectivity index (χ1) is 9.77. The van der Waals surface area contributed by atoms with E-state index in [0.29, 0.717) is 27.6 Å². The average molecular weight is 310 g/mol. The van der Waals surface area contributed by atoms with Gasteiger partial charge in [-0.3, -0.25) is 0 Å². The van der Waals surface area contributed by atoms with Crippen LogP contribution in [0.15, 0.2) is 18.2 Å². The van der Waals surface area contributed by atoms with Gasteiger partial charge in [-0.15, -0.1) is 0 Å². The van der Waals surface area contributed by atoms with Gasteiger partial charge in [-0.1, -0.05) is 32.4 Å². The number of hydrogen-bond acceptors (Lipinski definition) is 3. The molecule has 0 spiro atoms. The Morgan fingerprint density at radius 3 is 2.38 bits per heavy atom. The Kier molecular flexibility index (Phi) is 4.82. The molecule has 0 aromatic heterocycles. The third kappa shape index (κ3) is 4.13. The lowest BCUT2D eigenvalue weighted by atomic mass is 9.72. The molecule has 0 radical (unpaired) electrons. The summed E-state index contributed by atoms with van der Waals surface area (Å²) in [6, 6.07) is 4.86. The molecule has 0 saturated heterocycles. The van der Waals surface area contributed by atoms with Gasteiger partial charge in [-0.2, -0.15) is 0 Å². The molecule has 4 heteroatoms. The Morgan fingerprint density at radius 2 is 1.86 bits per heavy atom. The minimum Gasteiger partial charge on any atom is -0.459 e. The van der Waals surface area contributed by atoms with E-state index in [1.807, 2.05) is 0 Å². The quantitative estimate of drug-likeness (QED) is 0.637. The van der Waals surface area contributed by atoms with Crippen molar-refractivity contribution in [2.45, 2.75) is 52.6 Å². The molecule has 0 aliphatic heterocycles. The van der Waals surface area contributed by atoms with Gasteiger partial charge in [0.1, 0.15) is 6.10 Å². The largest absolute Gasteiger partial charge is 0.459 e. The Balaban J connectivity index is 1.91. The van der Waals surface area contributed by atoms with Gasteiger partial charge < -0.3 is 10.5 Å². The third-order valence-corrected chi connectivity index (χ3v) is 4.75. The smallest absolute Gasteiger partial charge is 0.338 e. The van der Waals surface area contributed by atoms with E-state index in [0.717, 1.165) is 25.7 Å². The van der Waals surface area contributed by atoms with Gasteiger partial charge in [-0.05, 0) is 55.2 Å². The van der Waals surface area contributed by atoms with Crippen LogP contribution < -0.4 is 5.73 Å². The van der Waals surface area contributed by atoms with Crippen LogP contribution in [0.5, 0.6) is 0 Å². The highest BCUT2D eigenvalue weighted by Gasteiger charge is 2.31. The second kappa shape index (κ2) is 6.27. The van der Waals surface area contributed by atoms with Crippen molar-refractivity contribution in [1.29, 1.82) is 0 Å². The molecule has 1 fully saturated rings. The summed E-state index contributed by atoms with van der Waals surface area (Å²) in [5.41, 5.74) is 6.92. The van der Waals surface area contributed by atoms with Gasteiger partial charge in [0, 0.05) is 0 Å². The van der Waals surface area contributed by atoms with Gasteiger partial charge >= 0.3 is 5.97 Å². The number of halogens is 1. The zero-order chi connectivity index (χ0) is 15.6. The summed E-state index contributed by atoms with van der Waals surface area (Å²) in [4.78, 5) is 12.1. The molecule has 0 amide bonds. The summed E-state index contributed by atoms with van der Waals surface area (Å²) in [6.07, 6.45) is 4.13. The molecule has 1 aliphatic rings. The van der Waals surface area contributed by atoms with Crippen LogP contribution in [0.1, 0.15) is 56.8 Å². The van der Waals surface area contributed by atoms with Gasteiger partial charge in [0.05, 0.1) is 16.3 Å². The van der Waals surface area contributed by atoms with E-state index in [4.69, 9.17) is 22.1 Å². The van der Waals surface area contributed by atoms with Crippen molar-refractivity contribution in [3.05, 3.63) is 28.8 Å². The molecule has 2 N–H and O–H groups in total. The molecule has 2 rings (SSSR count). The molecule has 0 heterocycles. The second-order valence-corrected chi connectivity index (χ2v) is 7.39. The van der Waals surface area contributed by atoms with Crippen LogP contribution in [0.4, 0.5) is 5.69 Å². The van der Waals surface area contributed by atoms with Crippen molar-refractivity contribution in [3.8, 4) is 0 Å². The number of hydrogen-bond donors (Lipinski definition) is 1.